The van der Waals surface area contributed by atoms with Crippen LogP contribution in [0.5, 0.6) is 11.6 Å². The average Bonchev–Trinajstić information content (AvgIpc) is 3.17. The highest BCUT2D eigenvalue weighted by atomic mass is 35.5. The van der Waals surface area contributed by atoms with Gasteiger partial charge in [-0.25, -0.2) is 14.2 Å². The third-order valence-electron chi connectivity index (χ3n) is 4.15. The summed E-state index contributed by atoms with van der Waals surface area (Å²) in [5.41, 5.74) is -0.283. The van der Waals surface area contributed by atoms with Gasteiger partial charge in [0.15, 0.2) is 5.82 Å². The number of rotatable bonds is 8. The van der Waals surface area contributed by atoms with Gasteiger partial charge in [0.05, 0.1) is 29.1 Å². The number of benzene rings is 1. The van der Waals surface area contributed by atoms with Crippen LogP contribution < -0.4 is 10.1 Å². The summed E-state index contributed by atoms with van der Waals surface area (Å²) >= 11 is 11.9. The zero-order valence-electron chi connectivity index (χ0n) is 18.8. The molecule has 186 valence electrons. The Morgan fingerprint density at radius 1 is 1.26 bits per heavy atom. The molecule has 35 heavy (non-hydrogen) atoms. The molecule has 3 aromatic rings. The Hall–Kier alpha value is -3.51. The Balaban J connectivity index is 1.72. The number of ether oxygens (including phenoxy) is 2. The third kappa shape index (κ3) is 7.76. The Morgan fingerprint density at radius 3 is 2.63 bits per heavy atom. The minimum absolute atomic E-state index is 0.0744. The number of carbonyl (C=O) groups is 2. The molecule has 0 spiro atoms. The van der Waals surface area contributed by atoms with Crippen LogP contribution in [0.15, 0.2) is 30.5 Å². The van der Waals surface area contributed by atoms with Gasteiger partial charge in [0.1, 0.15) is 11.4 Å². The van der Waals surface area contributed by atoms with E-state index < -0.39 is 29.5 Å². The SMILES string of the molecule is CC(C)(C)OC(=O)NC(CC(=O)O)Cn1nnc(-c2ccc(Oc3ncc(Cl)cc3F)c(Cl)c2)n1. The fourth-order valence-electron chi connectivity index (χ4n) is 2.78. The lowest BCUT2D eigenvalue weighted by atomic mass is 10.2. The fourth-order valence-corrected chi connectivity index (χ4v) is 3.15. The Bertz CT molecular complexity index is 1230. The molecule has 0 radical (unpaired) electrons. The van der Waals surface area contributed by atoms with E-state index in [0.717, 1.165) is 10.9 Å². The third-order valence-corrected chi connectivity index (χ3v) is 4.65. The van der Waals surface area contributed by atoms with Gasteiger partial charge in [0, 0.05) is 11.8 Å². The van der Waals surface area contributed by atoms with Crippen molar-refractivity contribution in [3.8, 4) is 23.0 Å². The lowest BCUT2D eigenvalue weighted by molar-refractivity contribution is -0.137. The van der Waals surface area contributed by atoms with Crippen LogP contribution in [0.3, 0.4) is 0 Å². The van der Waals surface area contributed by atoms with Crippen LogP contribution in [0.25, 0.3) is 11.4 Å². The van der Waals surface area contributed by atoms with Gasteiger partial charge >= 0.3 is 12.1 Å². The molecule has 0 bridgehead atoms. The van der Waals surface area contributed by atoms with E-state index >= 15 is 0 Å². The lowest BCUT2D eigenvalue weighted by Crippen LogP contribution is -2.42. The summed E-state index contributed by atoms with van der Waals surface area (Å²) in [6, 6.07) is 4.74. The van der Waals surface area contributed by atoms with Crippen LogP contribution in [0, 0.1) is 5.82 Å². The second-order valence-electron chi connectivity index (χ2n) is 8.30. The van der Waals surface area contributed by atoms with Crippen molar-refractivity contribution in [3.05, 3.63) is 46.3 Å². The number of nitrogens with zero attached hydrogens (tertiary/aromatic N) is 5. The highest BCUT2D eigenvalue weighted by Gasteiger charge is 2.23. The van der Waals surface area contributed by atoms with Crippen molar-refractivity contribution >= 4 is 35.3 Å². The fraction of sp³-hybridized carbons (Fsp3) is 0.333. The normalized spacial score (nSPS) is 12.2. The summed E-state index contributed by atoms with van der Waals surface area (Å²) in [6.45, 7) is 4.99. The quantitative estimate of drug-likeness (QED) is 0.438. The molecule has 1 aromatic carbocycles. The zero-order chi connectivity index (χ0) is 25.8. The Morgan fingerprint density at radius 2 is 2.00 bits per heavy atom. The number of carboxylic acid groups (broad SMARTS) is 1. The highest BCUT2D eigenvalue weighted by molar-refractivity contribution is 6.32. The molecule has 2 N–H and O–H groups in total. The van der Waals surface area contributed by atoms with Crippen molar-refractivity contribution < 1.29 is 28.6 Å². The van der Waals surface area contributed by atoms with Crippen molar-refractivity contribution in [2.75, 3.05) is 0 Å². The van der Waals surface area contributed by atoms with Gasteiger partial charge in [0.25, 0.3) is 5.88 Å². The molecule has 2 aromatic heterocycles. The summed E-state index contributed by atoms with van der Waals surface area (Å²) in [6.07, 6.45) is 0.0846. The van der Waals surface area contributed by atoms with Crippen LogP contribution >= 0.6 is 23.2 Å². The molecule has 0 aliphatic carbocycles. The van der Waals surface area contributed by atoms with E-state index in [-0.39, 0.29) is 40.5 Å². The molecule has 3 rings (SSSR count). The van der Waals surface area contributed by atoms with Crippen molar-refractivity contribution in [3.63, 3.8) is 0 Å². The summed E-state index contributed by atoms with van der Waals surface area (Å²) in [5.74, 6) is -1.85. The van der Waals surface area contributed by atoms with Gasteiger partial charge in [-0.05, 0) is 50.3 Å². The molecule has 2 heterocycles. The van der Waals surface area contributed by atoms with Crippen LogP contribution in [0.4, 0.5) is 9.18 Å². The molecule has 1 unspecified atom stereocenters. The molecular formula is C21H21Cl2FN6O5. The lowest BCUT2D eigenvalue weighted by Gasteiger charge is -2.22. The number of aromatic nitrogens is 5. The number of pyridine rings is 1. The zero-order valence-corrected chi connectivity index (χ0v) is 20.3. The minimum atomic E-state index is -1.12. The van der Waals surface area contributed by atoms with E-state index in [1.54, 1.807) is 26.8 Å². The first kappa shape index (κ1) is 26.1. The molecule has 0 saturated heterocycles. The van der Waals surface area contributed by atoms with Crippen LogP contribution in [-0.4, -0.2) is 54.0 Å². The number of alkyl carbamates (subject to hydrolysis) is 1. The summed E-state index contributed by atoms with van der Waals surface area (Å²) in [5, 5.41) is 24.0. The number of halogens is 3. The molecule has 1 atom stereocenters. The first-order valence-electron chi connectivity index (χ1n) is 10.2. The van der Waals surface area contributed by atoms with Crippen LogP contribution in [0.2, 0.25) is 10.0 Å². The van der Waals surface area contributed by atoms with Gasteiger partial charge < -0.3 is 19.9 Å². The predicted octanol–water partition coefficient (Wildman–Crippen LogP) is 4.34. The van der Waals surface area contributed by atoms with Gasteiger partial charge in [-0.15, -0.1) is 10.2 Å². The van der Waals surface area contributed by atoms with Crippen molar-refractivity contribution in [1.29, 1.82) is 0 Å². The number of carbonyl (C=O) groups excluding carboxylic acids is 1. The average molecular weight is 527 g/mol. The molecule has 0 aliphatic heterocycles. The predicted molar refractivity (Wildman–Crippen MR) is 123 cm³/mol. The topological polar surface area (TPSA) is 141 Å². The summed E-state index contributed by atoms with van der Waals surface area (Å²) in [7, 11) is 0. The number of amides is 1. The highest BCUT2D eigenvalue weighted by Crippen LogP contribution is 2.33. The van der Waals surface area contributed by atoms with E-state index in [9.17, 15) is 14.0 Å². The van der Waals surface area contributed by atoms with Crippen molar-refractivity contribution in [1.82, 2.24) is 30.5 Å². The monoisotopic (exact) mass is 526 g/mol. The van der Waals surface area contributed by atoms with E-state index in [2.05, 4.69) is 25.7 Å². The maximum Gasteiger partial charge on any atom is 0.407 e. The first-order chi connectivity index (χ1) is 16.4. The Labute approximate surface area is 209 Å². The summed E-state index contributed by atoms with van der Waals surface area (Å²) in [4.78, 5) is 28.2. The Kier molecular flexibility index (Phi) is 8.07. The van der Waals surface area contributed by atoms with Gasteiger partial charge in [-0.3, -0.25) is 4.79 Å². The van der Waals surface area contributed by atoms with Crippen molar-refractivity contribution in [2.24, 2.45) is 0 Å². The molecule has 0 aliphatic rings. The van der Waals surface area contributed by atoms with Gasteiger partial charge in [-0.1, -0.05) is 23.2 Å². The van der Waals surface area contributed by atoms with E-state index in [1.807, 2.05) is 0 Å². The largest absolute Gasteiger partial charge is 0.481 e. The van der Waals surface area contributed by atoms with Crippen molar-refractivity contribution in [2.45, 2.75) is 45.4 Å². The molecule has 0 fully saturated rings. The number of carboxylic acids is 1. The molecular weight excluding hydrogens is 506 g/mol. The molecule has 0 saturated carbocycles. The number of hydrogen-bond acceptors (Lipinski definition) is 8. The van der Waals surface area contributed by atoms with E-state index in [0.29, 0.717) is 5.56 Å². The molecule has 14 heteroatoms. The second-order valence-corrected chi connectivity index (χ2v) is 9.14. The smallest absolute Gasteiger partial charge is 0.407 e. The van der Waals surface area contributed by atoms with Gasteiger partial charge in [0.2, 0.25) is 5.82 Å². The maximum atomic E-state index is 13.9. The standard InChI is InChI=1S/C21H21Cl2FN6O5/c1-21(2,3)35-20(33)26-13(8-17(31)32)10-30-28-18(27-29-30)11-4-5-16(14(23)6-11)34-19-15(24)7-12(22)9-25-19/h4-7,9,13H,8,10H2,1-3H3,(H,26,33)(H,31,32). The summed E-state index contributed by atoms with van der Waals surface area (Å²) < 4.78 is 24.5. The van der Waals surface area contributed by atoms with Crippen LogP contribution in [0.1, 0.15) is 27.2 Å². The van der Waals surface area contributed by atoms with Crippen LogP contribution in [-0.2, 0) is 16.1 Å². The van der Waals surface area contributed by atoms with Gasteiger partial charge in [-0.2, -0.15) is 4.80 Å². The first-order valence-corrected chi connectivity index (χ1v) is 10.9. The number of hydrogen-bond donors (Lipinski definition) is 2. The number of aliphatic carboxylic acids is 1. The van der Waals surface area contributed by atoms with E-state index in [4.69, 9.17) is 37.8 Å². The van der Waals surface area contributed by atoms with E-state index in [1.165, 1.54) is 18.3 Å². The molecule has 11 nitrogen and oxygen atoms in total. The maximum absolute atomic E-state index is 13.9. The second kappa shape index (κ2) is 10.8. The minimum Gasteiger partial charge on any atom is -0.481 e. The number of tetrazole rings is 1. The number of nitrogens with one attached hydrogen (secondary N) is 1. The molecule has 1 amide bonds.